The van der Waals surface area contributed by atoms with Gasteiger partial charge in [-0.15, -0.1) is 0 Å². The number of aryl methyl sites for hydroxylation is 2. The van der Waals surface area contributed by atoms with E-state index >= 15 is 0 Å². The number of hydrogen-bond donors (Lipinski definition) is 0. The van der Waals surface area contributed by atoms with Crippen LogP contribution in [0, 0.1) is 13.8 Å². The third kappa shape index (κ3) is 2.89. The molecule has 0 saturated carbocycles. The molecule has 1 atom stereocenters. The van der Waals surface area contributed by atoms with Gasteiger partial charge in [0.1, 0.15) is 11.5 Å². The number of hydrogen-bond acceptors (Lipinski definition) is 5. The molecule has 0 spiro atoms. The van der Waals surface area contributed by atoms with Gasteiger partial charge in [0, 0.05) is 42.8 Å². The standard InChI is InChI=1S/C15H17N5O/c1-10-7-11(2)19-14(18-10)12-3-6-20(9-12)15(21)13-8-16-4-5-17-13/h4-5,7-8,12H,3,6,9H2,1-2H3. The van der Waals surface area contributed by atoms with Crippen molar-refractivity contribution in [3.05, 3.63) is 47.6 Å². The molecular formula is C15H17N5O. The first-order chi connectivity index (χ1) is 10.1. The Kier molecular flexibility index (Phi) is 3.60. The van der Waals surface area contributed by atoms with Crippen LogP contribution in [-0.2, 0) is 0 Å². The first-order valence-corrected chi connectivity index (χ1v) is 7.01. The zero-order chi connectivity index (χ0) is 14.8. The normalized spacial score (nSPS) is 18.0. The van der Waals surface area contributed by atoms with Crippen LogP contribution in [0.15, 0.2) is 24.7 Å². The maximum absolute atomic E-state index is 12.3. The Balaban J connectivity index is 1.75. The van der Waals surface area contributed by atoms with Crippen LogP contribution in [0.25, 0.3) is 0 Å². The minimum Gasteiger partial charge on any atom is -0.337 e. The third-order valence-electron chi connectivity index (χ3n) is 3.62. The maximum atomic E-state index is 12.3. The lowest BCUT2D eigenvalue weighted by molar-refractivity contribution is 0.0784. The van der Waals surface area contributed by atoms with E-state index in [0.717, 1.165) is 23.6 Å². The number of carbonyl (C=O) groups is 1. The van der Waals surface area contributed by atoms with Crippen molar-refractivity contribution in [3.8, 4) is 0 Å². The van der Waals surface area contributed by atoms with Gasteiger partial charge < -0.3 is 4.90 Å². The fourth-order valence-electron chi connectivity index (χ4n) is 2.66. The summed E-state index contributed by atoms with van der Waals surface area (Å²) in [5.41, 5.74) is 2.33. The largest absolute Gasteiger partial charge is 0.337 e. The second-order valence-corrected chi connectivity index (χ2v) is 5.34. The minimum absolute atomic E-state index is 0.0741. The summed E-state index contributed by atoms with van der Waals surface area (Å²) in [5, 5.41) is 0. The molecule has 21 heavy (non-hydrogen) atoms. The second-order valence-electron chi connectivity index (χ2n) is 5.34. The van der Waals surface area contributed by atoms with E-state index in [9.17, 15) is 4.79 Å². The monoisotopic (exact) mass is 283 g/mol. The van der Waals surface area contributed by atoms with Gasteiger partial charge in [0.25, 0.3) is 5.91 Å². The topological polar surface area (TPSA) is 71.9 Å². The molecule has 1 unspecified atom stereocenters. The number of carbonyl (C=O) groups excluding carboxylic acids is 1. The molecule has 108 valence electrons. The van der Waals surface area contributed by atoms with Gasteiger partial charge in [-0.25, -0.2) is 15.0 Å². The van der Waals surface area contributed by atoms with Crippen LogP contribution in [0.3, 0.4) is 0 Å². The number of rotatable bonds is 2. The van der Waals surface area contributed by atoms with E-state index in [1.165, 1.54) is 12.4 Å². The first kappa shape index (κ1) is 13.6. The smallest absolute Gasteiger partial charge is 0.274 e. The van der Waals surface area contributed by atoms with E-state index in [-0.39, 0.29) is 11.8 Å². The highest BCUT2D eigenvalue weighted by atomic mass is 16.2. The van der Waals surface area contributed by atoms with E-state index in [1.807, 2.05) is 19.9 Å². The van der Waals surface area contributed by atoms with Crippen molar-refractivity contribution in [3.63, 3.8) is 0 Å². The van der Waals surface area contributed by atoms with E-state index in [2.05, 4.69) is 19.9 Å². The number of amides is 1. The van der Waals surface area contributed by atoms with Crippen molar-refractivity contribution >= 4 is 5.91 Å². The van der Waals surface area contributed by atoms with Crippen molar-refractivity contribution in [1.29, 1.82) is 0 Å². The molecule has 0 radical (unpaired) electrons. The zero-order valence-electron chi connectivity index (χ0n) is 12.2. The Hall–Kier alpha value is -2.37. The van der Waals surface area contributed by atoms with Crippen LogP contribution in [0.2, 0.25) is 0 Å². The molecule has 0 aliphatic carbocycles. The van der Waals surface area contributed by atoms with Gasteiger partial charge in [0.15, 0.2) is 0 Å². The zero-order valence-corrected chi connectivity index (χ0v) is 12.2. The average Bonchev–Trinajstić information content (AvgIpc) is 2.96. The molecule has 1 amide bonds. The fraction of sp³-hybridized carbons (Fsp3) is 0.400. The Morgan fingerprint density at radius 3 is 2.67 bits per heavy atom. The van der Waals surface area contributed by atoms with Crippen molar-refractivity contribution < 1.29 is 4.79 Å². The highest BCUT2D eigenvalue weighted by Gasteiger charge is 2.30. The van der Waals surface area contributed by atoms with Crippen LogP contribution in [0.5, 0.6) is 0 Å². The lowest BCUT2D eigenvalue weighted by Crippen LogP contribution is -2.29. The Labute approximate surface area is 123 Å². The van der Waals surface area contributed by atoms with Gasteiger partial charge >= 0.3 is 0 Å². The van der Waals surface area contributed by atoms with Gasteiger partial charge in [-0.3, -0.25) is 9.78 Å². The summed E-state index contributed by atoms with van der Waals surface area (Å²) in [6.07, 6.45) is 5.48. The van der Waals surface area contributed by atoms with E-state index in [1.54, 1.807) is 11.1 Å². The first-order valence-electron chi connectivity index (χ1n) is 7.01. The molecule has 1 aliphatic heterocycles. The minimum atomic E-state index is -0.0741. The van der Waals surface area contributed by atoms with Gasteiger partial charge in [-0.05, 0) is 26.3 Å². The molecule has 6 heteroatoms. The summed E-state index contributed by atoms with van der Waals surface area (Å²) < 4.78 is 0. The molecule has 1 fully saturated rings. The Morgan fingerprint density at radius 2 is 2.00 bits per heavy atom. The van der Waals surface area contributed by atoms with Crippen molar-refractivity contribution in [2.45, 2.75) is 26.2 Å². The average molecular weight is 283 g/mol. The summed E-state index contributed by atoms with van der Waals surface area (Å²) in [7, 11) is 0. The van der Waals surface area contributed by atoms with Crippen LogP contribution in [-0.4, -0.2) is 43.8 Å². The fourth-order valence-corrected chi connectivity index (χ4v) is 2.66. The molecular weight excluding hydrogens is 266 g/mol. The summed E-state index contributed by atoms with van der Waals surface area (Å²) >= 11 is 0. The predicted octanol–water partition coefficient (Wildman–Crippen LogP) is 1.51. The van der Waals surface area contributed by atoms with Crippen LogP contribution in [0.4, 0.5) is 0 Å². The Bertz CT molecular complexity index is 638. The van der Waals surface area contributed by atoms with Gasteiger partial charge in [-0.1, -0.05) is 0 Å². The highest BCUT2D eigenvalue weighted by molar-refractivity contribution is 5.92. The molecule has 0 N–H and O–H groups in total. The maximum Gasteiger partial charge on any atom is 0.274 e. The molecule has 1 aliphatic rings. The van der Waals surface area contributed by atoms with Crippen LogP contribution in [0.1, 0.15) is 40.0 Å². The summed E-state index contributed by atoms with van der Waals surface area (Å²) in [6, 6.07) is 1.96. The predicted molar refractivity (Wildman–Crippen MR) is 76.8 cm³/mol. The molecule has 0 bridgehead atoms. The van der Waals surface area contributed by atoms with Gasteiger partial charge in [0.2, 0.25) is 0 Å². The molecule has 6 nitrogen and oxygen atoms in total. The summed E-state index contributed by atoms with van der Waals surface area (Å²) in [4.78, 5) is 31.2. The summed E-state index contributed by atoms with van der Waals surface area (Å²) in [5.74, 6) is 0.959. The molecule has 1 saturated heterocycles. The van der Waals surface area contributed by atoms with E-state index in [0.29, 0.717) is 18.8 Å². The van der Waals surface area contributed by atoms with Crippen LogP contribution >= 0.6 is 0 Å². The molecule has 3 heterocycles. The highest BCUT2D eigenvalue weighted by Crippen LogP contribution is 2.25. The van der Waals surface area contributed by atoms with Crippen molar-refractivity contribution in [1.82, 2.24) is 24.8 Å². The third-order valence-corrected chi connectivity index (χ3v) is 3.62. The SMILES string of the molecule is Cc1cc(C)nc(C2CCN(C(=O)c3cnccn3)C2)n1. The lowest BCUT2D eigenvalue weighted by atomic mass is 10.1. The van der Waals surface area contributed by atoms with Crippen molar-refractivity contribution in [2.75, 3.05) is 13.1 Å². The van der Waals surface area contributed by atoms with E-state index < -0.39 is 0 Å². The second kappa shape index (κ2) is 5.55. The summed E-state index contributed by atoms with van der Waals surface area (Å²) in [6.45, 7) is 5.28. The quantitative estimate of drug-likeness (QED) is 0.835. The van der Waals surface area contributed by atoms with E-state index in [4.69, 9.17) is 0 Å². The molecule has 3 rings (SSSR count). The molecule has 2 aromatic rings. The molecule has 0 aromatic carbocycles. The number of likely N-dealkylation sites (tertiary alicyclic amines) is 1. The lowest BCUT2D eigenvalue weighted by Gasteiger charge is -2.15. The molecule has 2 aromatic heterocycles. The van der Waals surface area contributed by atoms with Gasteiger partial charge in [0.05, 0.1) is 6.20 Å². The van der Waals surface area contributed by atoms with Crippen molar-refractivity contribution in [2.24, 2.45) is 0 Å². The number of nitrogens with zero attached hydrogens (tertiary/aromatic N) is 5. The van der Waals surface area contributed by atoms with Crippen LogP contribution < -0.4 is 0 Å². The number of aromatic nitrogens is 4. The van der Waals surface area contributed by atoms with Gasteiger partial charge in [-0.2, -0.15) is 0 Å². The Morgan fingerprint density at radius 1 is 1.24 bits per heavy atom.